The lowest BCUT2D eigenvalue weighted by atomic mass is 10.3. The van der Waals surface area contributed by atoms with Crippen molar-refractivity contribution in [3.63, 3.8) is 0 Å². The molecular weight excluding hydrogens is 246 g/mol. The van der Waals surface area contributed by atoms with E-state index in [1.54, 1.807) is 19.5 Å². The Bertz CT molecular complexity index is 348. The van der Waals surface area contributed by atoms with Crippen LogP contribution < -0.4 is 10.1 Å². The predicted octanol–water partition coefficient (Wildman–Crippen LogP) is 1.02. The van der Waals surface area contributed by atoms with Crippen molar-refractivity contribution in [2.24, 2.45) is 0 Å². The molecule has 0 saturated heterocycles. The molecule has 0 amide bonds. The maximum absolute atomic E-state index is 5.47. The van der Waals surface area contributed by atoms with Crippen molar-refractivity contribution in [1.82, 2.24) is 15.3 Å². The summed E-state index contributed by atoms with van der Waals surface area (Å²) in [5.74, 6) is 0.526. The zero-order valence-electron chi connectivity index (χ0n) is 11.9. The van der Waals surface area contributed by atoms with Gasteiger partial charge in [0.05, 0.1) is 31.7 Å². The second-order valence-corrected chi connectivity index (χ2v) is 4.34. The molecule has 1 heterocycles. The van der Waals surface area contributed by atoms with E-state index in [1.807, 2.05) is 0 Å². The summed E-state index contributed by atoms with van der Waals surface area (Å²) in [5.41, 5.74) is 0.867. The first kappa shape index (κ1) is 15.8. The van der Waals surface area contributed by atoms with Gasteiger partial charge >= 0.3 is 0 Å². The van der Waals surface area contributed by atoms with Crippen LogP contribution in [0.3, 0.4) is 0 Å². The zero-order chi connectivity index (χ0) is 13.9. The van der Waals surface area contributed by atoms with Gasteiger partial charge in [0.1, 0.15) is 6.61 Å². The molecule has 6 nitrogen and oxygen atoms in total. The Hall–Kier alpha value is -1.24. The van der Waals surface area contributed by atoms with Crippen molar-refractivity contribution in [2.45, 2.75) is 26.4 Å². The summed E-state index contributed by atoms with van der Waals surface area (Å²) < 4.78 is 15.6. The number of aromatic nitrogens is 2. The SMILES string of the molecule is COCCOCCOc1cncc(CNC(C)C)n1. The first-order chi connectivity index (χ1) is 9.22. The number of hydrogen-bond acceptors (Lipinski definition) is 6. The Morgan fingerprint density at radius 2 is 1.95 bits per heavy atom. The number of rotatable bonds is 10. The second kappa shape index (κ2) is 9.66. The Morgan fingerprint density at radius 3 is 2.68 bits per heavy atom. The quantitative estimate of drug-likeness (QED) is 0.640. The van der Waals surface area contributed by atoms with Crippen LogP contribution in [0.4, 0.5) is 0 Å². The number of nitrogens with zero attached hydrogens (tertiary/aromatic N) is 2. The fourth-order valence-corrected chi connectivity index (χ4v) is 1.30. The molecule has 0 fully saturated rings. The van der Waals surface area contributed by atoms with E-state index in [0.29, 0.717) is 44.9 Å². The lowest BCUT2D eigenvalue weighted by Crippen LogP contribution is -2.22. The number of ether oxygens (including phenoxy) is 3. The largest absolute Gasteiger partial charge is 0.474 e. The maximum Gasteiger partial charge on any atom is 0.232 e. The topological polar surface area (TPSA) is 65.5 Å². The highest BCUT2D eigenvalue weighted by Crippen LogP contribution is 2.05. The van der Waals surface area contributed by atoms with E-state index in [0.717, 1.165) is 5.69 Å². The molecule has 0 aromatic carbocycles. The molecule has 0 saturated carbocycles. The van der Waals surface area contributed by atoms with Crippen molar-refractivity contribution in [2.75, 3.05) is 33.5 Å². The minimum absolute atomic E-state index is 0.417. The molecule has 0 spiro atoms. The highest BCUT2D eigenvalue weighted by molar-refractivity contribution is 5.08. The van der Waals surface area contributed by atoms with Crippen molar-refractivity contribution in [3.8, 4) is 5.88 Å². The Balaban J connectivity index is 2.24. The van der Waals surface area contributed by atoms with Gasteiger partial charge in [-0.05, 0) is 0 Å². The van der Waals surface area contributed by atoms with Crippen LogP contribution in [0.2, 0.25) is 0 Å². The van der Waals surface area contributed by atoms with E-state index in [4.69, 9.17) is 14.2 Å². The van der Waals surface area contributed by atoms with E-state index in [-0.39, 0.29) is 0 Å². The molecule has 1 rings (SSSR count). The van der Waals surface area contributed by atoms with E-state index in [2.05, 4.69) is 29.1 Å². The Labute approximate surface area is 114 Å². The van der Waals surface area contributed by atoms with Gasteiger partial charge in [-0.25, -0.2) is 4.98 Å². The summed E-state index contributed by atoms with van der Waals surface area (Å²) in [6.07, 6.45) is 3.34. The van der Waals surface area contributed by atoms with Gasteiger partial charge in [-0.1, -0.05) is 13.8 Å². The third kappa shape index (κ3) is 7.71. The average molecular weight is 269 g/mol. The highest BCUT2D eigenvalue weighted by atomic mass is 16.5. The van der Waals surface area contributed by atoms with Gasteiger partial charge in [0, 0.05) is 25.9 Å². The van der Waals surface area contributed by atoms with Gasteiger partial charge in [-0.3, -0.25) is 4.98 Å². The van der Waals surface area contributed by atoms with Gasteiger partial charge < -0.3 is 19.5 Å². The molecule has 108 valence electrons. The van der Waals surface area contributed by atoms with Crippen molar-refractivity contribution < 1.29 is 14.2 Å². The van der Waals surface area contributed by atoms with Crippen LogP contribution in [0.1, 0.15) is 19.5 Å². The summed E-state index contributed by atoms with van der Waals surface area (Å²) in [7, 11) is 1.64. The fraction of sp³-hybridized carbons (Fsp3) is 0.692. The minimum atomic E-state index is 0.417. The Morgan fingerprint density at radius 1 is 1.16 bits per heavy atom. The van der Waals surface area contributed by atoms with Crippen LogP contribution in [0.15, 0.2) is 12.4 Å². The Kier molecular flexibility index (Phi) is 8.04. The molecule has 1 aromatic heterocycles. The summed E-state index contributed by atoms with van der Waals surface area (Å²) in [6, 6.07) is 0.417. The standard InChI is InChI=1S/C13H23N3O3/c1-11(2)15-9-12-8-14-10-13(16-12)19-7-6-18-5-4-17-3/h8,10-11,15H,4-7,9H2,1-3H3. The molecular formula is C13H23N3O3. The predicted molar refractivity (Wildman–Crippen MR) is 72.2 cm³/mol. The lowest BCUT2D eigenvalue weighted by Gasteiger charge is -2.09. The van der Waals surface area contributed by atoms with Gasteiger partial charge in [-0.15, -0.1) is 0 Å². The second-order valence-electron chi connectivity index (χ2n) is 4.34. The fourth-order valence-electron chi connectivity index (χ4n) is 1.30. The van der Waals surface area contributed by atoms with E-state index < -0.39 is 0 Å². The molecule has 0 bridgehead atoms. The molecule has 6 heteroatoms. The van der Waals surface area contributed by atoms with E-state index in [9.17, 15) is 0 Å². The molecule has 0 aliphatic heterocycles. The molecule has 0 radical (unpaired) electrons. The number of hydrogen-bond donors (Lipinski definition) is 1. The van der Waals surface area contributed by atoms with Crippen LogP contribution in [-0.4, -0.2) is 49.5 Å². The third-order valence-corrected chi connectivity index (χ3v) is 2.26. The number of methoxy groups -OCH3 is 1. The molecule has 19 heavy (non-hydrogen) atoms. The van der Waals surface area contributed by atoms with Crippen molar-refractivity contribution >= 4 is 0 Å². The zero-order valence-corrected chi connectivity index (χ0v) is 11.9. The normalized spacial score (nSPS) is 10.9. The summed E-state index contributed by atoms with van der Waals surface area (Å²) in [5, 5.41) is 3.28. The van der Waals surface area contributed by atoms with Crippen molar-refractivity contribution in [3.05, 3.63) is 18.1 Å². The number of nitrogens with one attached hydrogen (secondary N) is 1. The van der Waals surface area contributed by atoms with Gasteiger partial charge in [0.25, 0.3) is 0 Å². The summed E-state index contributed by atoms with van der Waals surface area (Å²) in [4.78, 5) is 8.45. The smallest absolute Gasteiger partial charge is 0.232 e. The van der Waals surface area contributed by atoms with Crippen molar-refractivity contribution in [1.29, 1.82) is 0 Å². The monoisotopic (exact) mass is 269 g/mol. The van der Waals surface area contributed by atoms with Gasteiger partial charge in [-0.2, -0.15) is 0 Å². The van der Waals surface area contributed by atoms with E-state index >= 15 is 0 Å². The van der Waals surface area contributed by atoms with Gasteiger partial charge in [0.15, 0.2) is 0 Å². The highest BCUT2D eigenvalue weighted by Gasteiger charge is 2.01. The molecule has 0 atom stereocenters. The third-order valence-electron chi connectivity index (χ3n) is 2.26. The van der Waals surface area contributed by atoms with Crippen LogP contribution in [0.25, 0.3) is 0 Å². The minimum Gasteiger partial charge on any atom is -0.474 e. The van der Waals surface area contributed by atoms with Crippen LogP contribution in [0.5, 0.6) is 5.88 Å². The first-order valence-corrected chi connectivity index (χ1v) is 6.46. The maximum atomic E-state index is 5.47. The molecule has 0 unspecified atom stereocenters. The van der Waals surface area contributed by atoms with Crippen LogP contribution in [0, 0.1) is 0 Å². The molecule has 1 N–H and O–H groups in total. The van der Waals surface area contributed by atoms with Crippen LogP contribution >= 0.6 is 0 Å². The lowest BCUT2D eigenvalue weighted by molar-refractivity contribution is 0.0536. The first-order valence-electron chi connectivity index (χ1n) is 6.46. The molecule has 0 aliphatic carbocycles. The average Bonchev–Trinajstić information content (AvgIpc) is 2.41. The molecule has 0 aliphatic rings. The summed E-state index contributed by atoms with van der Waals surface area (Å²) >= 11 is 0. The van der Waals surface area contributed by atoms with E-state index in [1.165, 1.54) is 0 Å². The van der Waals surface area contributed by atoms with Crippen LogP contribution in [-0.2, 0) is 16.0 Å². The summed E-state index contributed by atoms with van der Waals surface area (Å²) in [6.45, 7) is 7.00. The molecule has 1 aromatic rings. The van der Waals surface area contributed by atoms with Gasteiger partial charge in [0.2, 0.25) is 5.88 Å².